The van der Waals surface area contributed by atoms with Crippen molar-refractivity contribution < 1.29 is 4.74 Å². The molecule has 0 N–H and O–H groups in total. The lowest BCUT2D eigenvalue weighted by Crippen LogP contribution is -1.97. The third-order valence-electron chi connectivity index (χ3n) is 2.96. The number of nitrogens with zero attached hydrogens (tertiary/aromatic N) is 2. The van der Waals surface area contributed by atoms with Gasteiger partial charge < -0.3 is 4.74 Å². The van der Waals surface area contributed by atoms with Crippen LogP contribution in [0.15, 0.2) is 30.3 Å². The number of halogens is 1. The first kappa shape index (κ1) is 14.8. The summed E-state index contributed by atoms with van der Waals surface area (Å²) in [5.41, 5.74) is 1.28. The summed E-state index contributed by atoms with van der Waals surface area (Å²) in [5, 5.41) is 0.414. The number of benzene rings is 1. The van der Waals surface area contributed by atoms with Crippen LogP contribution >= 0.6 is 11.6 Å². The minimum Gasteiger partial charge on any atom is -0.439 e. The van der Waals surface area contributed by atoms with Crippen molar-refractivity contribution in [2.75, 3.05) is 0 Å². The van der Waals surface area contributed by atoms with Crippen LogP contribution in [0.1, 0.15) is 44.5 Å². The topological polar surface area (TPSA) is 35.0 Å². The van der Waals surface area contributed by atoms with E-state index in [1.54, 1.807) is 6.07 Å². The minimum atomic E-state index is 0.414. The Labute approximate surface area is 125 Å². The SMILES string of the molecule is CCCc1nc(Cl)cc(Oc2ccc(C(C)C)cc2)n1. The largest absolute Gasteiger partial charge is 0.439 e. The summed E-state index contributed by atoms with van der Waals surface area (Å²) in [6.45, 7) is 6.41. The molecule has 0 amide bonds. The van der Waals surface area contributed by atoms with Gasteiger partial charge in [-0.3, -0.25) is 0 Å². The summed E-state index contributed by atoms with van der Waals surface area (Å²) in [7, 11) is 0. The average molecular weight is 291 g/mol. The Bertz CT molecular complexity index is 567. The fraction of sp³-hybridized carbons (Fsp3) is 0.375. The highest BCUT2D eigenvalue weighted by Crippen LogP contribution is 2.24. The van der Waals surface area contributed by atoms with E-state index in [0.717, 1.165) is 18.6 Å². The molecule has 0 fully saturated rings. The van der Waals surface area contributed by atoms with E-state index in [1.807, 2.05) is 12.1 Å². The van der Waals surface area contributed by atoms with E-state index < -0.39 is 0 Å². The van der Waals surface area contributed by atoms with Crippen molar-refractivity contribution in [2.24, 2.45) is 0 Å². The van der Waals surface area contributed by atoms with Crippen molar-refractivity contribution in [3.8, 4) is 11.6 Å². The average Bonchev–Trinajstić information content (AvgIpc) is 2.39. The lowest BCUT2D eigenvalue weighted by atomic mass is 10.0. The Morgan fingerprint density at radius 1 is 1.15 bits per heavy atom. The molecule has 3 nitrogen and oxygen atoms in total. The van der Waals surface area contributed by atoms with Gasteiger partial charge in [0.05, 0.1) is 0 Å². The molecule has 0 aliphatic heterocycles. The molecule has 20 heavy (non-hydrogen) atoms. The van der Waals surface area contributed by atoms with Gasteiger partial charge in [-0.05, 0) is 30.0 Å². The van der Waals surface area contributed by atoms with E-state index in [1.165, 1.54) is 5.56 Å². The molecule has 0 aliphatic rings. The molecule has 4 heteroatoms. The number of rotatable bonds is 5. The molecule has 0 bridgehead atoms. The number of hydrogen-bond acceptors (Lipinski definition) is 3. The summed E-state index contributed by atoms with van der Waals surface area (Å²) in [6.07, 6.45) is 1.77. The van der Waals surface area contributed by atoms with E-state index in [0.29, 0.717) is 22.8 Å². The van der Waals surface area contributed by atoms with Crippen LogP contribution in [0.25, 0.3) is 0 Å². The summed E-state index contributed by atoms with van der Waals surface area (Å²) in [6, 6.07) is 9.66. The fourth-order valence-electron chi connectivity index (χ4n) is 1.87. The van der Waals surface area contributed by atoms with Gasteiger partial charge in [0.15, 0.2) is 0 Å². The van der Waals surface area contributed by atoms with Crippen molar-refractivity contribution in [3.05, 3.63) is 46.9 Å². The van der Waals surface area contributed by atoms with Gasteiger partial charge in [0.1, 0.15) is 16.7 Å². The second-order valence-corrected chi connectivity index (χ2v) is 5.41. The maximum atomic E-state index is 5.99. The Hall–Kier alpha value is -1.61. The molecule has 0 saturated heterocycles. The highest BCUT2D eigenvalue weighted by molar-refractivity contribution is 6.29. The zero-order chi connectivity index (χ0) is 14.5. The highest BCUT2D eigenvalue weighted by atomic mass is 35.5. The zero-order valence-electron chi connectivity index (χ0n) is 12.1. The van der Waals surface area contributed by atoms with Gasteiger partial charge in [-0.15, -0.1) is 0 Å². The third-order valence-corrected chi connectivity index (χ3v) is 3.15. The molecule has 0 aliphatic carbocycles. The molecule has 1 aromatic heterocycles. The smallest absolute Gasteiger partial charge is 0.224 e. The lowest BCUT2D eigenvalue weighted by Gasteiger charge is -2.09. The van der Waals surface area contributed by atoms with Crippen LogP contribution in [0.2, 0.25) is 5.15 Å². The normalized spacial score (nSPS) is 10.8. The van der Waals surface area contributed by atoms with Gasteiger partial charge in [0, 0.05) is 12.5 Å². The Balaban J connectivity index is 2.16. The van der Waals surface area contributed by atoms with Gasteiger partial charge in [-0.2, -0.15) is 4.98 Å². The van der Waals surface area contributed by atoms with Crippen molar-refractivity contribution in [1.82, 2.24) is 9.97 Å². The van der Waals surface area contributed by atoms with Crippen LogP contribution in [-0.4, -0.2) is 9.97 Å². The predicted molar refractivity (Wildman–Crippen MR) is 81.6 cm³/mol. The van der Waals surface area contributed by atoms with E-state index in [4.69, 9.17) is 16.3 Å². The van der Waals surface area contributed by atoms with Crippen LogP contribution in [0.5, 0.6) is 11.6 Å². The molecule has 0 saturated carbocycles. The third kappa shape index (κ3) is 3.94. The Morgan fingerprint density at radius 3 is 2.45 bits per heavy atom. The molecule has 106 valence electrons. The lowest BCUT2D eigenvalue weighted by molar-refractivity contribution is 0.458. The highest BCUT2D eigenvalue weighted by Gasteiger charge is 2.06. The van der Waals surface area contributed by atoms with E-state index in [-0.39, 0.29) is 0 Å². The second kappa shape index (κ2) is 6.71. The zero-order valence-corrected chi connectivity index (χ0v) is 12.8. The Kier molecular flexibility index (Phi) is 4.96. The van der Waals surface area contributed by atoms with Crippen molar-refractivity contribution >= 4 is 11.6 Å². The van der Waals surface area contributed by atoms with E-state index >= 15 is 0 Å². The molecule has 0 spiro atoms. The summed E-state index contributed by atoms with van der Waals surface area (Å²) >= 11 is 5.99. The molecule has 1 heterocycles. The Morgan fingerprint density at radius 2 is 1.85 bits per heavy atom. The quantitative estimate of drug-likeness (QED) is 0.727. The van der Waals surface area contributed by atoms with Gasteiger partial charge in [0.25, 0.3) is 0 Å². The van der Waals surface area contributed by atoms with Gasteiger partial charge in [-0.25, -0.2) is 4.98 Å². The molecular formula is C16H19ClN2O. The standard InChI is InChI=1S/C16H19ClN2O/c1-4-5-15-18-14(17)10-16(19-15)20-13-8-6-12(7-9-13)11(2)3/h6-11H,4-5H2,1-3H3. The van der Waals surface area contributed by atoms with Crippen molar-refractivity contribution in [2.45, 2.75) is 39.5 Å². The molecule has 0 unspecified atom stereocenters. The van der Waals surface area contributed by atoms with Gasteiger partial charge >= 0.3 is 0 Å². The number of hydrogen-bond donors (Lipinski definition) is 0. The van der Waals surface area contributed by atoms with E-state index in [2.05, 4.69) is 42.9 Å². The van der Waals surface area contributed by atoms with Crippen LogP contribution in [-0.2, 0) is 6.42 Å². The molecule has 0 atom stereocenters. The summed E-state index contributed by atoms with van der Waals surface area (Å²) in [4.78, 5) is 8.54. The molecule has 2 rings (SSSR count). The number of ether oxygens (including phenoxy) is 1. The van der Waals surface area contributed by atoms with Crippen LogP contribution in [0, 0.1) is 0 Å². The number of aromatic nitrogens is 2. The fourth-order valence-corrected chi connectivity index (χ4v) is 2.06. The monoisotopic (exact) mass is 290 g/mol. The van der Waals surface area contributed by atoms with Crippen LogP contribution in [0.4, 0.5) is 0 Å². The minimum absolute atomic E-state index is 0.414. The number of aryl methyl sites for hydroxylation is 1. The first-order chi connectivity index (χ1) is 9.58. The molecule has 1 aromatic carbocycles. The maximum Gasteiger partial charge on any atom is 0.224 e. The first-order valence-corrected chi connectivity index (χ1v) is 7.27. The van der Waals surface area contributed by atoms with Crippen LogP contribution in [0.3, 0.4) is 0 Å². The molecular weight excluding hydrogens is 272 g/mol. The maximum absolute atomic E-state index is 5.99. The molecule has 2 aromatic rings. The van der Waals surface area contributed by atoms with Gasteiger partial charge in [0.2, 0.25) is 5.88 Å². The molecule has 0 radical (unpaired) electrons. The van der Waals surface area contributed by atoms with E-state index in [9.17, 15) is 0 Å². The van der Waals surface area contributed by atoms with Crippen molar-refractivity contribution in [3.63, 3.8) is 0 Å². The predicted octanol–water partition coefficient (Wildman–Crippen LogP) is 5.00. The summed E-state index contributed by atoms with van der Waals surface area (Å²) < 4.78 is 5.75. The van der Waals surface area contributed by atoms with Gasteiger partial charge in [-0.1, -0.05) is 44.5 Å². The first-order valence-electron chi connectivity index (χ1n) is 6.89. The van der Waals surface area contributed by atoms with Crippen molar-refractivity contribution in [1.29, 1.82) is 0 Å². The second-order valence-electron chi connectivity index (χ2n) is 5.02. The summed E-state index contributed by atoms with van der Waals surface area (Å²) in [5.74, 6) is 2.47. The van der Waals surface area contributed by atoms with Crippen LogP contribution < -0.4 is 4.74 Å².